The summed E-state index contributed by atoms with van der Waals surface area (Å²) in [6.45, 7) is 1.89. The van der Waals surface area contributed by atoms with Crippen LogP contribution in [0.15, 0.2) is 18.2 Å². The number of nitrogens with one attached hydrogen (secondary N) is 1. The van der Waals surface area contributed by atoms with Crippen LogP contribution in [0.2, 0.25) is 0 Å². The van der Waals surface area contributed by atoms with E-state index >= 15 is 0 Å². The summed E-state index contributed by atoms with van der Waals surface area (Å²) in [5.74, 6) is -1.41. The average molecular weight is 362 g/mol. The van der Waals surface area contributed by atoms with Crippen LogP contribution in [0.1, 0.15) is 42.5 Å². The molecule has 2 aliphatic rings. The molecule has 1 aromatic rings. The molecule has 0 aromatic heterocycles. The number of rotatable bonds is 3. The fraction of sp³-hybridized carbons (Fsp3) is 0.500. The Morgan fingerprint density at radius 1 is 1.15 bits per heavy atom. The molecule has 3 rings (SSSR count). The number of urea groups is 1. The molecule has 8 heteroatoms. The number of benzene rings is 1. The molecule has 26 heavy (non-hydrogen) atoms. The molecule has 3 N–H and O–H groups in total. The molecule has 1 aromatic carbocycles. The minimum atomic E-state index is -0.852. The zero-order valence-corrected chi connectivity index (χ0v) is 14.5. The Labute approximate surface area is 151 Å². The summed E-state index contributed by atoms with van der Waals surface area (Å²) < 4.78 is 13.8. The first kappa shape index (κ1) is 18.2. The van der Waals surface area contributed by atoms with Gasteiger partial charge < -0.3 is 20.9 Å². The number of amides is 4. The number of piperidine rings is 2. The van der Waals surface area contributed by atoms with Gasteiger partial charge in [0.15, 0.2) is 0 Å². The highest BCUT2D eigenvalue weighted by atomic mass is 19.1. The van der Waals surface area contributed by atoms with E-state index in [4.69, 9.17) is 5.73 Å². The third kappa shape index (κ3) is 3.95. The lowest BCUT2D eigenvalue weighted by Gasteiger charge is -2.40. The predicted octanol–water partition coefficient (Wildman–Crippen LogP) is 1.93. The first-order valence-corrected chi connectivity index (χ1v) is 8.90. The molecular weight excluding hydrogens is 339 g/mol. The van der Waals surface area contributed by atoms with Crippen molar-refractivity contribution in [3.05, 3.63) is 29.6 Å². The topological polar surface area (TPSA) is 95.7 Å². The zero-order valence-electron chi connectivity index (χ0n) is 14.5. The average Bonchev–Trinajstić information content (AvgIpc) is 2.62. The number of carbonyl (C=O) groups excluding carboxylic acids is 3. The van der Waals surface area contributed by atoms with Crippen molar-refractivity contribution in [2.45, 2.75) is 38.1 Å². The smallest absolute Gasteiger partial charge is 0.321 e. The van der Waals surface area contributed by atoms with Crippen LogP contribution >= 0.6 is 0 Å². The monoisotopic (exact) mass is 362 g/mol. The Kier molecular flexibility index (Phi) is 5.39. The number of anilines is 1. The summed E-state index contributed by atoms with van der Waals surface area (Å²) in [6.07, 6.45) is 4.11. The molecule has 0 radical (unpaired) electrons. The third-order valence-electron chi connectivity index (χ3n) is 5.04. The van der Waals surface area contributed by atoms with Crippen LogP contribution in [0.5, 0.6) is 0 Å². The number of nitrogens with zero attached hydrogens (tertiary/aromatic N) is 2. The van der Waals surface area contributed by atoms with Crippen molar-refractivity contribution in [1.82, 2.24) is 9.80 Å². The van der Waals surface area contributed by atoms with Crippen LogP contribution < -0.4 is 11.1 Å². The van der Waals surface area contributed by atoms with Crippen molar-refractivity contribution in [1.29, 1.82) is 0 Å². The van der Waals surface area contributed by atoms with Crippen molar-refractivity contribution in [3.63, 3.8) is 0 Å². The Hall–Kier alpha value is -2.64. The maximum Gasteiger partial charge on any atom is 0.321 e. The summed E-state index contributed by atoms with van der Waals surface area (Å²) >= 11 is 0. The first-order valence-electron chi connectivity index (χ1n) is 8.90. The maximum absolute atomic E-state index is 13.8. The molecule has 0 spiro atoms. The van der Waals surface area contributed by atoms with E-state index in [1.165, 1.54) is 12.1 Å². The van der Waals surface area contributed by atoms with E-state index in [9.17, 15) is 18.8 Å². The van der Waals surface area contributed by atoms with Crippen molar-refractivity contribution < 1.29 is 18.8 Å². The van der Waals surface area contributed by atoms with Gasteiger partial charge in [-0.05, 0) is 43.9 Å². The second-order valence-corrected chi connectivity index (χ2v) is 6.75. The van der Waals surface area contributed by atoms with Crippen LogP contribution in [0.25, 0.3) is 0 Å². The van der Waals surface area contributed by atoms with Crippen molar-refractivity contribution in [3.8, 4) is 0 Å². The van der Waals surface area contributed by atoms with Gasteiger partial charge in [0.05, 0.1) is 5.56 Å². The van der Waals surface area contributed by atoms with E-state index in [-0.39, 0.29) is 29.2 Å². The summed E-state index contributed by atoms with van der Waals surface area (Å²) in [6, 6.07) is 3.65. The number of primary amides is 1. The lowest BCUT2D eigenvalue weighted by atomic mass is 10.00. The van der Waals surface area contributed by atoms with Gasteiger partial charge in [0.1, 0.15) is 5.82 Å². The molecule has 0 unspecified atom stereocenters. The molecule has 4 amide bonds. The second kappa shape index (κ2) is 7.72. The molecule has 2 aliphatic heterocycles. The summed E-state index contributed by atoms with van der Waals surface area (Å²) in [7, 11) is 0. The fourth-order valence-corrected chi connectivity index (χ4v) is 3.59. The van der Waals surface area contributed by atoms with Gasteiger partial charge >= 0.3 is 6.03 Å². The van der Waals surface area contributed by atoms with Gasteiger partial charge in [0.25, 0.3) is 5.91 Å². The summed E-state index contributed by atoms with van der Waals surface area (Å²) in [4.78, 5) is 39.0. The summed E-state index contributed by atoms with van der Waals surface area (Å²) in [5, 5.41) is 2.64. The van der Waals surface area contributed by atoms with Gasteiger partial charge in [-0.25, -0.2) is 9.18 Å². The first-order chi connectivity index (χ1) is 12.5. The van der Waals surface area contributed by atoms with Gasteiger partial charge in [0, 0.05) is 37.8 Å². The standard InChI is InChI=1S/C18H23FN4O3/c19-15-11-12(4-5-14(15)17(20)25)21-18(26)22-9-6-13(7-10-22)23-8-2-1-3-16(23)24/h4-5,11,13H,1-3,6-10H2,(H2,20,25)(H,21,26). The number of hydrogen-bond donors (Lipinski definition) is 2. The molecule has 0 saturated carbocycles. The highest BCUT2D eigenvalue weighted by molar-refractivity contribution is 5.94. The number of likely N-dealkylation sites (tertiary alicyclic amines) is 2. The Morgan fingerprint density at radius 3 is 2.50 bits per heavy atom. The van der Waals surface area contributed by atoms with Crippen molar-refractivity contribution >= 4 is 23.5 Å². The van der Waals surface area contributed by atoms with E-state index in [0.29, 0.717) is 19.5 Å². The van der Waals surface area contributed by atoms with Crippen LogP contribution in [0, 0.1) is 5.82 Å². The molecule has 7 nitrogen and oxygen atoms in total. The molecule has 140 valence electrons. The van der Waals surface area contributed by atoms with Gasteiger partial charge in [-0.1, -0.05) is 0 Å². The molecule has 0 aliphatic carbocycles. The van der Waals surface area contributed by atoms with Crippen LogP contribution in [0.4, 0.5) is 14.9 Å². The van der Waals surface area contributed by atoms with Crippen molar-refractivity contribution in [2.75, 3.05) is 25.0 Å². The van der Waals surface area contributed by atoms with Gasteiger partial charge in [-0.15, -0.1) is 0 Å². The Morgan fingerprint density at radius 2 is 1.88 bits per heavy atom. The quantitative estimate of drug-likeness (QED) is 0.860. The number of nitrogens with two attached hydrogens (primary N) is 1. The van der Waals surface area contributed by atoms with E-state index in [1.54, 1.807) is 4.90 Å². The molecular formula is C18H23FN4O3. The molecule has 2 fully saturated rings. The summed E-state index contributed by atoms with van der Waals surface area (Å²) in [5.41, 5.74) is 5.12. The van der Waals surface area contributed by atoms with Crippen LogP contribution in [-0.2, 0) is 4.79 Å². The predicted molar refractivity (Wildman–Crippen MR) is 94.1 cm³/mol. The van der Waals surface area contributed by atoms with E-state index < -0.39 is 11.7 Å². The highest BCUT2D eigenvalue weighted by Gasteiger charge is 2.30. The minimum Gasteiger partial charge on any atom is -0.366 e. The molecule has 0 bridgehead atoms. The van der Waals surface area contributed by atoms with E-state index in [0.717, 1.165) is 38.3 Å². The number of carbonyl (C=O) groups is 3. The lowest BCUT2D eigenvalue weighted by Crippen LogP contribution is -2.50. The van der Waals surface area contributed by atoms with Crippen molar-refractivity contribution in [2.24, 2.45) is 5.73 Å². The van der Waals surface area contributed by atoms with Gasteiger partial charge in [-0.2, -0.15) is 0 Å². The number of hydrogen-bond acceptors (Lipinski definition) is 3. The van der Waals surface area contributed by atoms with Gasteiger partial charge in [0.2, 0.25) is 5.91 Å². The van der Waals surface area contributed by atoms with Gasteiger partial charge in [-0.3, -0.25) is 9.59 Å². The van der Waals surface area contributed by atoms with E-state index in [2.05, 4.69) is 5.32 Å². The normalized spacial score (nSPS) is 18.7. The van der Waals surface area contributed by atoms with Crippen LogP contribution in [-0.4, -0.2) is 53.3 Å². The van der Waals surface area contributed by atoms with E-state index in [1.807, 2.05) is 4.90 Å². The largest absolute Gasteiger partial charge is 0.366 e. The SMILES string of the molecule is NC(=O)c1ccc(NC(=O)N2CCC(N3CCCCC3=O)CC2)cc1F. The molecule has 0 atom stereocenters. The zero-order chi connectivity index (χ0) is 18.7. The second-order valence-electron chi connectivity index (χ2n) is 6.75. The Balaban J connectivity index is 1.54. The van der Waals surface area contributed by atoms with Crippen LogP contribution in [0.3, 0.4) is 0 Å². The molecule has 2 saturated heterocycles. The third-order valence-corrected chi connectivity index (χ3v) is 5.04. The molecule has 2 heterocycles. The lowest BCUT2D eigenvalue weighted by molar-refractivity contribution is -0.136. The maximum atomic E-state index is 13.8. The Bertz CT molecular complexity index is 716. The minimum absolute atomic E-state index is 0.194. The number of halogens is 1. The highest BCUT2D eigenvalue weighted by Crippen LogP contribution is 2.22. The fourth-order valence-electron chi connectivity index (χ4n) is 3.59.